The van der Waals surface area contributed by atoms with Crippen molar-refractivity contribution < 1.29 is 0 Å². The van der Waals surface area contributed by atoms with Crippen molar-refractivity contribution in [1.29, 1.82) is 0 Å². The molecule has 0 heterocycles. The lowest BCUT2D eigenvalue weighted by molar-refractivity contribution is 0.410. The highest BCUT2D eigenvalue weighted by molar-refractivity contribution is 5.22. The minimum atomic E-state index is -0.767. The summed E-state index contributed by atoms with van der Waals surface area (Å²) in [6.07, 6.45) is 0.563. The number of hydrogen-bond acceptors (Lipinski definition) is 5. The van der Waals surface area contributed by atoms with Gasteiger partial charge in [0.2, 0.25) is 0 Å². The molecule has 64 valence electrons. The molecular formula is C6H14N4O. The van der Waals surface area contributed by atoms with Gasteiger partial charge in [-0.15, -0.1) is 4.91 Å². The van der Waals surface area contributed by atoms with Gasteiger partial charge in [0.15, 0.2) is 5.66 Å². The largest absolute Gasteiger partial charge is 0.310 e. The van der Waals surface area contributed by atoms with Crippen LogP contribution in [-0.2, 0) is 0 Å². The van der Waals surface area contributed by atoms with Crippen LogP contribution < -0.4 is 16.4 Å². The minimum absolute atomic E-state index is 0.563. The van der Waals surface area contributed by atoms with Gasteiger partial charge >= 0.3 is 0 Å². The third-order valence-electron chi connectivity index (χ3n) is 2.22. The van der Waals surface area contributed by atoms with Gasteiger partial charge in [0.25, 0.3) is 0 Å². The monoisotopic (exact) mass is 158 g/mol. The van der Waals surface area contributed by atoms with Crippen molar-refractivity contribution in [2.24, 2.45) is 10.9 Å². The van der Waals surface area contributed by atoms with Crippen molar-refractivity contribution in [2.45, 2.75) is 24.7 Å². The van der Waals surface area contributed by atoms with E-state index in [0.717, 1.165) is 0 Å². The van der Waals surface area contributed by atoms with E-state index in [-0.39, 0.29) is 0 Å². The molecule has 1 saturated carbocycles. The summed E-state index contributed by atoms with van der Waals surface area (Å²) in [6, 6.07) is 0. The molecule has 5 heteroatoms. The summed E-state index contributed by atoms with van der Waals surface area (Å²) >= 11 is 0. The Morgan fingerprint density at radius 1 is 1.73 bits per heavy atom. The number of likely N-dealkylation sites (N-methyl/N-ethyl adjacent to an activating group) is 2. The molecule has 0 aromatic carbocycles. The zero-order valence-electron chi connectivity index (χ0n) is 6.85. The van der Waals surface area contributed by atoms with Crippen LogP contribution in [0.3, 0.4) is 0 Å². The Morgan fingerprint density at radius 2 is 2.36 bits per heavy atom. The van der Waals surface area contributed by atoms with E-state index in [4.69, 9.17) is 5.73 Å². The Kier molecular flexibility index (Phi) is 1.96. The first-order valence-electron chi connectivity index (χ1n) is 3.71. The molecule has 4 N–H and O–H groups in total. The second kappa shape index (κ2) is 2.51. The van der Waals surface area contributed by atoms with Gasteiger partial charge in [-0.05, 0) is 18.8 Å². The molecule has 1 aliphatic rings. The van der Waals surface area contributed by atoms with Crippen LogP contribution in [0, 0.1) is 4.91 Å². The molecule has 1 aliphatic carbocycles. The highest BCUT2D eigenvalue weighted by Gasteiger charge is 2.67. The number of nitrogens with two attached hydrogens (primary N) is 1. The highest BCUT2D eigenvalue weighted by Crippen LogP contribution is 2.43. The van der Waals surface area contributed by atoms with Gasteiger partial charge in [0, 0.05) is 6.42 Å². The Morgan fingerprint density at radius 3 is 2.64 bits per heavy atom. The number of hydrogen-bond donors (Lipinski definition) is 3. The van der Waals surface area contributed by atoms with Crippen molar-refractivity contribution in [3.05, 3.63) is 4.91 Å². The average molecular weight is 158 g/mol. The third-order valence-corrected chi connectivity index (χ3v) is 2.22. The van der Waals surface area contributed by atoms with Crippen LogP contribution in [0.15, 0.2) is 5.18 Å². The average Bonchev–Trinajstić information content (AvgIpc) is 2.60. The molecule has 0 aromatic heterocycles. The summed E-state index contributed by atoms with van der Waals surface area (Å²) in [6.45, 7) is 2.62. The van der Waals surface area contributed by atoms with Gasteiger partial charge in [0.1, 0.15) is 5.66 Å². The van der Waals surface area contributed by atoms with E-state index in [2.05, 4.69) is 15.8 Å². The molecule has 11 heavy (non-hydrogen) atoms. The number of nitrogens with zero attached hydrogens (tertiary/aromatic N) is 1. The number of nitrogens with one attached hydrogen (secondary N) is 2. The summed E-state index contributed by atoms with van der Waals surface area (Å²) in [5.41, 5.74) is 4.35. The molecule has 0 radical (unpaired) electrons. The first kappa shape index (κ1) is 8.58. The van der Waals surface area contributed by atoms with Crippen molar-refractivity contribution >= 4 is 0 Å². The second-order valence-corrected chi connectivity index (χ2v) is 2.88. The van der Waals surface area contributed by atoms with Crippen LogP contribution in [-0.4, -0.2) is 24.9 Å². The topological polar surface area (TPSA) is 79.5 Å². The first-order valence-corrected chi connectivity index (χ1v) is 3.71. The van der Waals surface area contributed by atoms with Gasteiger partial charge in [-0.2, -0.15) is 0 Å². The lowest BCUT2D eigenvalue weighted by atomic mass is 10.4. The van der Waals surface area contributed by atoms with E-state index in [0.29, 0.717) is 13.0 Å². The molecule has 1 rings (SSSR count). The zero-order valence-corrected chi connectivity index (χ0v) is 6.85. The number of nitroso groups, excluding NO2 is 1. The lowest BCUT2D eigenvalue weighted by Crippen LogP contribution is -2.51. The van der Waals surface area contributed by atoms with Crippen molar-refractivity contribution in [1.82, 2.24) is 10.6 Å². The second-order valence-electron chi connectivity index (χ2n) is 2.88. The third kappa shape index (κ3) is 1.05. The normalized spacial score (nSPS) is 42.1. The molecule has 0 spiro atoms. The molecule has 1 fully saturated rings. The van der Waals surface area contributed by atoms with Crippen LogP contribution >= 0.6 is 0 Å². The van der Waals surface area contributed by atoms with Gasteiger partial charge in [-0.3, -0.25) is 10.6 Å². The molecule has 2 atom stereocenters. The maximum absolute atomic E-state index is 10.4. The summed E-state index contributed by atoms with van der Waals surface area (Å²) in [7, 11) is 1.73. The van der Waals surface area contributed by atoms with E-state index in [1.165, 1.54) is 0 Å². The summed E-state index contributed by atoms with van der Waals surface area (Å²) < 4.78 is 0. The molecule has 2 unspecified atom stereocenters. The van der Waals surface area contributed by atoms with Crippen LogP contribution in [0.4, 0.5) is 0 Å². The fraction of sp³-hybridized carbons (Fsp3) is 1.00. The smallest absolute Gasteiger partial charge is 0.187 e. The van der Waals surface area contributed by atoms with E-state index in [1.54, 1.807) is 7.05 Å². The minimum Gasteiger partial charge on any atom is -0.310 e. The summed E-state index contributed by atoms with van der Waals surface area (Å²) in [5, 5.41) is 8.82. The van der Waals surface area contributed by atoms with Gasteiger partial charge in [0.05, 0.1) is 0 Å². The Bertz CT molecular complexity index is 170. The Balaban J connectivity index is 2.62. The molecule has 0 aromatic rings. The van der Waals surface area contributed by atoms with Crippen LogP contribution in [0.1, 0.15) is 13.3 Å². The lowest BCUT2D eigenvalue weighted by Gasteiger charge is -2.15. The predicted molar refractivity (Wildman–Crippen MR) is 42.8 cm³/mol. The van der Waals surface area contributed by atoms with Gasteiger partial charge in [-0.25, -0.2) is 0 Å². The predicted octanol–water partition coefficient (Wildman–Crippen LogP) is -0.663. The van der Waals surface area contributed by atoms with Gasteiger partial charge in [-0.1, -0.05) is 6.92 Å². The Labute approximate surface area is 65.7 Å². The van der Waals surface area contributed by atoms with Gasteiger partial charge < -0.3 is 5.73 Å². The van der Waals surface area contributed by atoms with Crippen LogP contribution in [0.2, 0.25) is 0 Å². The molecule has 0 bridgehead atoms. The maximum Gasteiger partial charge on any atom is 0.187 e. The molecular weight excluding hydrogens is 144 g/mol. The molecule has 5 nitrogen and oxygen atoms in total. The van der Waals surface area contributed by atoms with Crippen LogP contribution in [0.25, 0.3) is 0 Å². The summed E-state index contributed by atoms with van der Waals surface area (Å²) in [5.74, 6) is 0. The molecule has 0 saturated heterocycles. The van der Waals surface area contributed by atoms with E-state index in [1.807, 2.05) is 6.92 Å². The van der Waals surface area contributed by atoms with Crippen molar-refractivity contribution in [2.75, 3.05) is 13.6 Å². The van der Waals surface area contributed by atoms with Crippen LogP contribution in [0.5, 0.6) is 0 Å². The SMILES string of the molecule is CCNC1(N=O)CC1(N)NC. The molecule has 0 amide bonds. The summed E-state index contributed by atoms with van der Waals surface area (Å²) in [4.78, 5) is 10.4. The van der Waals surface area contributed by atoms with E-state index in [9.17, 15) is 4.91 Å². The fourth-order valence-corrected chi connectivity index (χ4v) is 1.31. The first-order chi connectivity index (χ1) is 5.14. The zero-order chi connectivity index (χ0) is 8.54. The fourth-order valence-electron chi connectivity index (χ4n) is 1.31. The van der Waals surface area contributed by atoms with E-state index >= 15 is 0 Å². The Hall–Kier alpha value is -0.520. The number of rotatable bonds is 4. The standard InChI is InChI=1S/C6H14N4O/c1-3-9-6(10-11)4-5(6,7)8-2/h8-9H,3-4,7H2,1-2H3. The van der Waals surface area contributed by atoms with E-state index < -0.39 is 11.3 Å². The maximum atomic E-state index is 10.4. The van der Waals surface area contributed by atoms with Crippen molar-refractivity contribution in [3.63, 3.8) is 0 Å². The highest BCUT2D eigenvalue weighted by atomic mass is 16.3. The van der Waals surface area contributed by atoms with Crippen molar-refractivity contribution in [3.8, 4) is 0 Å². The molecule has 0 aliphatic heterocycles. The quantitative estimate of drug-likeness (QED) is 0.375.